The fourth-order valence-corrected chi connectivity index (χ4v) is 2.30. The maximum atomic E-state index is 11.7. The Hall–Kier alpha value is -1.21. The van der Waals surface area contributed by atoms with Crippen LogP contribution in [0.25, 0.3) is 0 Å². The van der Waals surface area contributed by atoms with E-state index in [9.17, 15) is 4.79 Å². The lowest BCUT2D eigenvalue weighted by Gasteiger charge is -2.26. The largest absolute Gasteiger partial charge is 0.378 e. The second-order valence-corrected chi connectivity index (χ2v) is 5.06. The monoisotopic (exact) mass is 256 g/mol. The highest BCUT2D eigenvalue weighted by Gasteiger charge is 2.15. The Labute approximate surface area is 104 Å². The Morgan fingerprint density at radius 2 is 2.24 bits per heavy atom. The molecule has 94 valence electrons. The number of amides is 2. The van der Waals surface area contributed by atoms with Gasteiger partial charge >= 0.3 is 6.03 Å². The molecule has 1 fully saturated rings. The molecule has 0 radical (unpaired) electrons. The second-order valence-electron chi connectivity index (χ2n) is 3.80. The lowest BCUT2D eigenvalue weighted by Crippen LogP contribution is -2.46. The van der Waals surface area contributed by atoms with Gasteiger partial charge < -0.3 is 15.0 Å². The van der Waals surface area contributed by atoms with Crippen LogP contribution in [-0.2, 0) is 11.2 Å². The SMILES string of the molecule is Cc1nnc(CCNC(=O)N2CCOCC2)s1. The van der Waals surface area contributed by atoms with Gasteiger partial charge in [0.2, 0.25) is 0 Å². The molecule has 0 bridgehead atoms. The molecule has 6 nitrogen and oxygen atoms in total. The standard InChI is InChI=1S/C10H16N4O2S/c1-8-12-13-9(17-8)2-3-11-10(15)14-4-6-16-7-5-14/h2-7H2,1H3,(H,11,15). The van der Waals surface area contributed by atoms with E-state index in [0.29, 0.717) is 32.8 Å². The van der Waals surface area contributed by atoms with Crippen LogP contribution in [0.5, 0.6) is 0 Å². The number of aromatic nitrogens is 2. The summed E-state index contributed by atoms with van der Waals surface area (Å²) in [7, 11) is 0. The van der Waals surface area contributed by atoms with Crippen LogP contribution in [0.3, 0.4) is 0 Å². The highest BCUT2D eigenvalue weighted by molar-refractivity contribution is 7.11. The third kappa shape index (κ3) is 3.64. The van der Waals surface area contributed by atoms with E-state index in [0.717, 1.165) is 16.4 Å². The number of aryl methyl sites for hydroxylation is 1. The smallest absolute Gasteiger partial charge is 0.317 e. The highest BCUT2D eigenvalue weighted by Crippen LogP contribution is 2.07. The first kappa shape index (κ1) is 12.3. The van der Waals surface area contributed by atoms with Gasteiger partial charge in [0, 0.05) is 26.1 Å². The van der Waals surface area contributed by atoms with Crippen molar-refractivity contribution in [3.63, 3.8) is 0 Å². The van der Waals surface area contributed by atoms with E-state index < -0.39 is 0 Å². The van der Waals surface area contributed by atoms with Crippen LogP contribution in [0.2, 0.25) is 0 Å². The van der Waals surface area contributed by atoms with Gasteiger partial charge in [-0.15, -0.1) is 21.5 Å². The van der Waals surface area contributed by atoms with E-state index in [1.807, 2.05) is 6.92 Å². The van der Waals surface area contributed by atoms with Gasteiger partial charge in [0.15, 0.2) is 0 Å². The molecule has 2 rings (SSSR count). The van der Waals surface area contributed by atoms with Gasteiger partial charge in [-0.05, 0) is 6.92 Å². The van der Waals surface area contributed by atoms with Gasteiger partial charge in [0.05, 0.1) is 13.2 Å². The number of carbonyl (C=O) groups excluding carboxylic acids is 1. The van der Waals surface area contributed by atoms with E-state index in [4.69, 9.17) is 4.74 Å². The Morgan fingerprint density at radius 1 is 1.47 bits per heavy atom. The molecule has 2 amide bonds. The molecule has 1 aliphatic rings. The van der Waals surface area contributed by atoms with Crippen molar-refractivity contribution in [2.75, 3.05) is 32.8 Å². The van der Waals surface area contributed by atoms with Crippen molar-refractivity contribution < 1.29 is 9.53 Å². The van der Waals surface area contributed by atoms with E-state index in [1.54, 1.807) is 16.2 Å². The first-order chi connectivity index (χ1) is 8.25. The topological polar surface area (TPSA) is 67.4 Å². The number of nitrogens with zero attached hydrogens (tertiary/aromatic N) is 3. The Morgan fingerprint density at radius 3 is 2.88 bits per heavy atom. The summed E-state index contributed by atoms with van der Waals surface area (Å²) in [5, 5.41) is 12.7. The molecule has 0 aromatic carbocycles. The number of carbonyl (C=O) groups is 1. The average Bonchev–Trinajstić information content (AvgIpc) is 2.76. The Kier molecular flexibility index (Phi) is 4.27. The molecule has 1 aromatic heterocycles. The van der Waals surface area contributed by atoms with Crippen LogP contribution < -0.4 is 5.32 Å². The van der Waals surface area contributed by atoms with Crippen molar-refractivity contribution in [3.8, 4) is 0 Å². The van der Waals surface area contributed by atoms with Gasteiger partial charge in [-0.1, -0.05) is 0 Å². The molecule has 0 atom stereocenters. The lowest BCUT2D eigenvalue weighted by molar-refractivity contribution is 0.0533. The molecule has 1 saturated heterocycles. The summed E-state index contributed by atoms with van der Waals surface area (Å²) in [6.07, 6.45) is 0.738. The number of hydrogen-bond acceptors (Lipinski definition) is 5. The van der Waals surface area contributed by atoms with Gasteiger partial charge in [-0.3, -0.25) is 0 Å². The molecule has 0 aliphatic carbocycles. The average molecular weight is 256 g/mol. The molecule has 1 N–H and O–H groups in total. The van der Waals surface area contributed by atoms with Gasteiger partial charge in [-0.25, -0.2) is 4.79 Å². The van der Waals surface area contributed by atoms with Crippen molar-refractivity contribution >= 4 is 17.4 Å². The van der Waals surface area contributed by atoms with Crippen molar-refractivity contribution in [1.82, 2.24) is 20.4 Å². The first-order valence-electron chi connectivity index (χ1n) is 5.65. The first-order valence-corrected chi connectivity index (χ1v) is 6.47. The number of morpholine rings is 1. The summed E-state index contributed by atoms with van der Waals surface area (Å²) < 4.78 is 5.19. The molecule has 0 spiro atoms. The summed E-state index contributed by atoms with van der Waals surface area (Å²) in [6.45, 7) is 5.12. The molecule has 2 heterocycles. The maximum absolute atomic E-state index is 11.7. The van der Waals surface area contributed by atoms with E-state index in [1.165, 1.54) is 0 Å². The molecule has 1 aliphatic heterocycles. The second kappa shape index (κ2) is 5.92. The van der Waals surface area contributed by atoms with Gasteiger partial charge in [0.25, 0.3) is 0 Å². The molecular weight excluding hydrogens is 240 g/mol. The molecule has 1 aromatic rings. The summed E-state index contributed by atoms with van der Waals surface area (Å²) in [6, 6.07) is -0.0189. The van der Waals surface area contributed by atoms with E-state index >= 15 is 0 Å². The molecule has 7 heteroatoms. The van der Waals surface area contributed by atoms with Crippen LogP contribution in [0, 0.1) is 6.92 Å². The summed E-state index contributed by atoms with van der Waals surface area (Å²) >= 11 is 1.57. The molecule has 0 unspecified atom stereocenters. The molecule has 0 saturated carbocycles. The van der Waals surface area contributed by atoms with Crippen LogP contribution in [0.4, 0.5) is 4.79 Å². The molecule has 17 heavy (non-hydrogen) atoms. The van der Waals surface area contributed by atoms with E-state index in [-0.39, 0.29) is 6.03 Å². The van der Waals surface area contributed by atoms with Crippen LogP contribution in [0.1, 0.15) is 10.0 Å². The third-order valence-electron chi connectivity index (χ3n) is 2.48. The third-order valence-corrected chi connectivity index (χ3v) is 3.38. The minimum Gasteiger partial charge on any atom is -0.378 e. The van der Waals surface area contributed by atoms with E-state index in [2.05, 4.69) is 15.5 Å². The van der Waals surface area contributed by atoms with Gasteiger partial charge in [-0.2, -0.15) is 0 Å². The van der Waals surface area contributed by atoms with Crippen LogP contribution >= 0.6 is 11.3 Å². The Bertz CT molecular complexity index is 376. The molecular formula is C10H16N4O2S. The van der Waals surface area contributed by atoms with Crippen molar-refractivity contribution in [1.29, 1.82) is 0 Å². The predicted molar refractivity (Wildman–Crippen MR) is 64.1 cm³/mol. The summed E-state index contributed by atoms with van der Waals surface area (Å²) in [5.74, 6) is 0. The van der Waals surface area contributed by atoms with Crippen molar-refractivity contribution in [2.45, 2.75) is 13.3 Å². The number of hydrogen-bond donors (Lipinski definition) is 1. The quantitative estimate of drug-likeness (QED) is 0.851. The number of rotatable bonds is 3. The van der Waals surface area contributed by atoms with Crippen molar-refractivity contribution in [2.24, 2.45) is 0 Å². The lowest BCUT2D eigenvalue weighted by atomic mass is 10.4. The Balaban J connectivity index is 1.69. The fourth-order valence-electron chi connectivity index (χ4n) is 1.59. The predicted octanol–water partition coefficient (Wildman–Crippen LogP) is 0.431. The summed E-state index contributed by atoms with van der Waals surface area (Å²) in [4.78, 5) is 13.5. The number of ether oxygens (including phenoxy) is 1. The zero-order valence-electron chi connectivity index (χ0n) is 9.81. The van der Waals surface area contributed by atoms with Gasteiger partial charge in [0.1, 0.15) is 10.0 Å². The highest BCUT2D eigenvalue weighted by atomic mass is 32.1. The summed E-state index contributed by atoms with van der Waals surface area (Å²) in [5.41, 5.74) is 0. The van der Waals surface area contributed by atoms with Crippen LogP contribution in [0.15, 0.2) is 0 Å². The number of urea groups is 1. The maximum Gasteiger partial charge on any atom is 0.317 e. The zero-order chi connectivity index (χ0) is 12.1. The van der Waals surface area contributed by atoms with Crippen molar-refractivity contribution in [3.05, 3.63) is 10.0 Å². The normalized spacial score (nSPS) is 15.9. The zero-order valence-corrected chi connectivity index (χ0v) is 10.6. The van der Waals surface area contributed by atoms with Crippen LogP contribution in [-0.4, -0.2) is 54.0 Å². The minimum atomic E-state index is -0.0189. The number of nitrogens with one attached hydrogen (secondary N) is 1. The fraction of sp³-hybridized carbons (Fsp3) is 0.700. The minimum absolute atomic E-state index is 0.0189.